The van der Waals surface area contributed by atoms with Crippen LogP contribution in [0.2, 0.25) is 0 Å². The molecule has 0 unspecified atom stereocenters. The van der Waals surface area contributed by atoms with Crippen LogP contribution in [0.5, 0.6) is 11.5 Å². The average Bonchev–Trinajstić information content (AvgIpc) is 3.25. The average molecular weight is 385 g/mol. The molecule has 2 N–H and O–H groups in total. The first-order valence-corrected chi connectivity index (χ1v) is 9.45. The standard InChI is InChI=1S/C20H27N5O3/c1-14-23-18(13-19(24-14)25-8-4-5-9-25)21-6-7-22-20(26)15-10-16(27-2)12-17(11-15)28-3/h10-13H,4-9H2,1-3H3,(H,22,26)(H,21,23,24). The van der Waals surface area contributed by atoms with Crippen molar-refractivity contribution in [2.45, 2.75) is 19.8 Å². The number of anilines is 2. The van der Waals surface area contributed by atoms with Crippen molar-refractivity contribution in [2.24, 2.45) is 0 Å². The molecule has 1 amide bonds. The Morgan fingerprint density at radius 2 is 1.71 bits per heavy atom. The molecule has 1 aromatic heterocycles. The Morgan fingerprint density at radius 3 is 2.36 bits per heavy atom. The third-order valence-corrected chi connectivity index (χ3v) is 4.58. The van der Waals surface area contributed by atoms with Crippen molar-refractivity contribution in [1.82, 2.24) is 15.3 Å². The van der Waals surface area contributed by atoms with E-state index in [9.17, 15) is 4.79 Å². The van der Waals surface area contributed by atoms with E-state index < -0.39 is 0 Å². The number of aryl methyl sites for hydroxylation is 1. The molecule has 8 nitrogen and oxygen atoms in total. The van der Waals surface area contributed by atoms with Crippen molar-refractivity contribution < 1.29 is 14.3 Å². The Bertz CT molecular complexity index is 799. The van der Waals surface area contributed by atoms with Crippen molar-refractivity contribution in [2.75, 3.05) is 50.6 Å². The Kier molecular flexibility index (Phi) is 6.52. The number of carbonyl (C=O) groups is 1. The lowest BCUT2D eigenvalue weighted by atomic mass is 10.2. The van der Waals surface area contributed by atoms with Crippen molar-refractivity contribution in [3.63, 3.8) is 0 Å². The minimum absolute atomic E-state index is 0.185. The fourth-order valence-corrected chi connectivity index (χ4v) is 3.16. The van der Waals surface area contributed by atoms with E-state index in [1.165, 1.54) is 12.8 Å². The maximum Gasteiger partial charge on any atom is 0.251 e. The second-order valence-corrected chi connectivity index (χ2v) is 6.64. The number of aromatic nitrogens is 2. The van der Waals surface area contributed by atoms with E-state index in [1.807, 2.05) is 13.0 Å². The topological polar surface area (TPSA) is 88.6 Å². The Labute approximate surface area is 165 Å². The Balaban J connectivity index is 1.54. The van der Waals surface area contributed by atoms with E-state index in [-0.39, 0.29) is 5.91 Å². The number of rotatable bonds is 8. The van der Waals surface area contributed by atoms with Gasteiger partial charge >= 0.3 is 0 Å². The van der Waals surface area contributed by atoms with Gasteiger partial charge in [-0.3, -0.25) is 4.79 Å². The fraction of sp³-hybridized carbons (Fsp3) is 0.450. The van der Waals surface area contributed by atoms with Crippen LogP contribution in [0.4, 0.5) is 11.6 Å². The van der Waals surface area contributed by atoms with Crippen molar-refractivity contribution in [3.8, 4) is 11.5 Å². The zero-order valence-electron chi connectivity index (χ0n) is 16.6. The van der Waals surface area contributed by atoms with Crippen LogP contribution in [-0.2, 0) is 0 Å². The molecule has 1 aromatic carbocycles. The van der Waals surface area contributed by atoms with Crippen molar-refractivity contribution in [3.05, 3.63) is 35.7 Å². The lowest BCUT2D eigenvalue weighted by Crippen LogP contribution is -2.29. The van der Waals surface area contributed by atoms with Crippen LogP contribution in [0.3, 0.4) is 0 Å². The van der Waals surface area contributed by atoms with Gasteiger partial charge in [0.2, 0.25) is 0 Å². The molecule has 0 saturated carbocycles. The Hall–Kier alpha value is -3.03. The van der Waals surface area contributed by atoms with Gasteiger partial charge in [0, 0.05) is 43.9 Å². The maximum atomic E-state index is 12.4. The van der Waals surface area contributed by atoms with E-state index in [1.54, 1.807) is 32.4 Å². The lowest BCUT2D eigenvalue weighted by Gasteiger charge is -2.18. The van der Waals surface area contributed by atoms with E-state index in [2.05, 4.69) is 25.5 Å². The van der Waals surface area contributed by atoms with Crippen LogP contribution >= 0.6 is 0 Å². The molecular formula is C20H27N5O3. The summed E-state index contributed by atoms with van der Waals surface area (Å²) in [7, 11) is 3.11. The zero-order chi connectivity index (χ0) is 19.9. The van der Waals surface area contributed by atoms with Crippen LogP contribution in [0, 0.1) is 6.92 Å². The number of nitrogens with zero attached hydrogens (tertiary/aromatic N) is 3. The Morgan fingerprint density at radius 1 is 1.04 bits per heavy atom. The predicted molar refractivity (Wildman–Crippen MR) is 109 cm³/mol. The molecule has 1 fully saturated rings. The maximum absolute atomic E-state index is 12.4. The molecule has 3 rings (SSSR count). The van der Waals surface area contributed by atoms with Gasteiger partial charge in [-0.25, -0.2) is 9.97 Å². The van der Waals surface area contributed by atoms with Crippen molar-refractivity contribution >= 4 is 17.5 Å². The third-order valence-electron chi connectivity index (χ3n) is 4.58. The van der Waals surface area contributed by atoms with E-state index >= 15 is 0 Å². The number of methoxy groups -OCH3 is 2. The summed E-state index contributed by atoms with van der Waals surface area (Å²) in [6, 6.07) is 7.06. The number of hydrogen-bond acceptors (Lipinski definition) is 7. The highest BCUT2D eigenvalue weighted by atomic mass is 16.5. The monoisotopic (exact) mass is 385 g/mol. The summed E-state index contributed by atoms with van der Waals surface area (Å²) >= 11 is 0. The summed E-state index contributed by atoms with van der Waals surface area (Å²) < 4.78 is 10.4. The minimum atomic E-state index is -0.185. The highest BCUT2D eigenvalue weighted by Crippen LogP contribution is 2.22. The zero-order valence-corrected chi connectivity index (χ0v) is 16.6. The molecule has 2 heterocycles. The van der Waals surface area contributed by atoms with Crippen LogP contribution in [0.15, 0.2) is 24.3 Å². The smallest absolute Gasteiger partial charge is 0.251 e. The van der Waals surface area contributed by atoms with Crippen LogP contribution < -0.4 is 25.0 Å². The summed E-state index contributed by atoms with van der Waals surface area (Å²) in [6.07, 6.45) is 2.40. The number of ether oxygens (including phenoxy) is 2. The van der Waals surface area contributed by atoms with Crippen LogP contribution in [0.1, 0.15) is 29.0 Å². The molecule has 1 aliphatic heterocycles. The molecule has 1 saturated heterocycles. The van der Waals surface area contributed by atoms with Crippen LogP contribution in [0.25, 0.3) is 0 Å². The van der Waals surface area contributed by atoms with E-state index in [0.29, 0.717) is 30.2 Å². The molecule has 1 aliphatic rings. The first-order chi connectivity index (χ1) is 13.6. The minimum Gasteiger partial charge on any atom is -0.497 e. The van der Waals surface area contributed by atoms with Gasteiger partial charge in [0.15, 0.2) is 0 Å². The first-order valence-electron chi connectivity index (χ1n) is 9.45. The summed E-state index contributed by atoms with van der Waals surface area (Å²) in [4.78, 5) is 23.6. The normalized spacial score (nSPS) is 13.3. The lowest BCUT2D eigenvalue weighted by molar-refractivity contribution is 0.0954. The molecule has 0 aliphatic carbocycles. The number of amides is 1. The van der Waals surface area contributed by atoms with Gasteiger partial charge in [-0.15, -0.1) is 0 Å². The molecule has 0 atom stereocenters. The van der Waals surface area contributed by atoms with E-state index in [4.69, 9.17) is 9.47 Å². The van der Waals surface area contributed by atoms with Crippen LogP contribution in [-0.4, -0.2) is 56.3 Å². The number of hydrogen-bond donors (Lipinski definition) is 2. The number of carbonyl (C=O) groups excluding carboxylic acids is 1. The third kappa shape index (κ3) is 5.03. The molecule has 0 spiro atoms. The van der Waals surface area contributed by atoms with Gasteiger partial charge < -0.3 is 25.0 Å². The summed E-state index contributed by atoms with van der Waals surface area (Å²) in [5.74, 6) is 3.43. The van der Waals surface area contributed by atoms with Gasteiger partial charge in [-0.1, -0.05) is 0 Å². The fourth-order valence-electron chi connectivity index (χ4n) is 3.16. The van der Waals surface area contributed by atoms with Gasteiger partial charge in [0.25, 0.3) is 5.91 Å². The molecule has 0 radical (unpaired) electrons. The number of nitrogens with one attached hydrogen (secondary N) is 2. The molecule has 8 heteroatoms. The second kappa shape index (κ2) is 9.25. The largest absolute Gasteiger partial charge is 0.497 e. The van der Waals surface area contributed by atoms with Crippen molar-refractivity contribution in [1.29, 1.82) is 0 Å². The molecular weight excluding hydrogens is 358 g/mol. The van der Waals surface area contributed by atoms with Gasteiger partial charge in [0.05, 0.1) is 14.2 Å². The quantitative estimate of drug-likeness (QED) is 0.674. The molecule has 2 aromatic rings. The molecule has 0 bridgehead atoms. The molecule has 150 valence electrons. The molecule has 28 heavy (non-hydrogen) atoms. The highest BCUT2D eigenvalue weighted by molar-refractivity contribution is 5.95. The summed E-state index contributed by atoms with van der Waals surface area (Å²) in [6.45, 7) is 4.98. The summed E-state index contributed by atoms with van der Waals surface area (Å²) in [5, 5.41) is 6.15. The summed E-state index contributed by atoms with van der Waals surface area (Å²) in [5.41, 5.74) is 0.491. The van der Waals surface area contributed by atoms with E-state index in [0.717, 1.165) is 30.5 Å². The number of benzene rings is 1. The second-order valence-electron chi connectivity index (χ2n) is 6.64. The predicted octanol–water partition coefficient (Wildman–Crippen LogP) is 2.24. The van der Waals surface area contributed by atoms with Gasteiger partial charge in [0.1, 0.15) is 29.0 Å². The SMILES string of the molecule is COc1cc(OC)cc(C(=O)NCCNc2cc(N3CCCC3)nc(C)n2)c1. The van der Waals surface area contributed by atoms with Gasteiger partial charge in [-0.05, 0) is 31.9 Å². The highest BCUT2D eigenvalue weighted by Gasteiger charge is 2.15. The van der Waals surface area contributed by atoms with Gasteiger partial charge in [-0.2, -0.15) is 0 Å². The first kappa shape index (κ1) is 19.7.